The first-order valence-corrected chi connectivity index (χ1v) is 18.4. The Morgan fingerprint density at radius 2 is 1.79 bits per heavy atom. The van der Waals surface area contributed by atoms with Crippen LogP contribution in [0.25, 0.3) is 10.9 Å². The number of carboxylic acid groups (broad SMARTS) is 1. The summed E-state index contributed by atoms with van der Waals surface area (Å²) in [5, 5.41) is 13.1. The lowest BCUT2D eigenvalue weighted by molar-refractivity contribution is -0.197. The smallest absolute Gasteiger partial charge is 0.348 e. The van der Waals surface area contributed by atoms with Gasteiger partial charge in [0.2, 0.25) is 12.1 Å². The molecule has 0 radical (unpaired) electrons. The molecule has 3 fully saturated rings. The van der Waals surface area contributed by atoms with E-state index in [4.69, 9.17) is 21.1 Å². The third-order valence-electron chi connectivity index (χ3n) is 8.90. The van der Waals surface area contributed by atoms with Gasteiger partial charge in [0.25, 0.3) is 20.0 Å². The number of fused-ring (bicyclic) bond motifs is 2. The summed E-state index contributed by atoms with van der Waals surface area (Å²) >= 11 is 6.22. The molecular formula is C30H36ClN5O9S2. The average Bonchev–Trinajstić information content (AvgIpc) is 3.57. The van der Waals surface area contributed by atoms with Gasteiger partial charge in [-0.2, -0.15) is 4.31 Å². The number of aromatic nitrogens is 1. The van der Waals surface area contributed by atoms with Crippen molar-refractivity contribution in [2.75, 3.05) is 52.9 Å². The summed E-state index contributed by atoms with van der Waals surface area (Å²) in [6.07, 6.45) is -0.296. The van der Waals surface area contributed by atoms with E-state index in [9.17, 15) is 31.5 Å². The Labute approximate surface area is 277 Å². The lowest BCUT2D eigenvalue weighted by Crippen LogP contribution is -2.68. The van der Waals surface area contributed by atoms with Crippen molar-refractivity contribution < 1.29 is 41.0 Å². The van der Waals surface area contributed by atoms with Crippen molar-refractivity contribution >= 4 is 54.4 Å². The number of halogens is 1. The van der Waals surface area contributed by atoms with E-state index in [1.54, 1.807) is 13.0 Å². The molecule has 2 unspecified atom stereocenters. The maximum absolute atomic E-state index is 14.7. The van der Waals surface area contributed by atoms with Gasteiger partial charge in [-0.1, -0.05) is 29.8 Å². The van der Waals surface area contributed by atoms with E-state index < -0.39 is 61.0 Å². The Morgan fingerprint density at radius 1 is 1.09 bits per heavy atom. The predicted molar refractivity (Wildman–Crippen MR) is 171 cm³/mol. The Hall–Kier alpha value is -3.09. The van der Waals surface area contributed by atoms with Gasteiger partial charge < -0.3 is 24.8 Å². The number of piperazine rings is 1. The van der Waals surface area contributed by atoms with Crippen molar-refractivity contribution in [1.29, 1.82) is 0 Å². The molecule has 3 aliphatic rings. The molecule has 0 bridgehead atoms. The summed E-state index contributed by atoms with van der Waals surface area (Å²) in [5.74, 6) is -1.81. The molecule has 2 N–H and O–H groups in total. The van der Waals surface area contributed by atoms with Crippen LogP contribution in [-0.4, -0.2) is 122 Å². The molecule has 1 amide bonds. The lowest BCUT2D eigenvalue weighted by atomic mass is 9.92. The fourth-order valence-electron chi connectivity index (χ4n) is 6.81. The number of carbonyl (C=O) groups is 2. The first-order chi connectivity index (χ1) is 22.2. The number of benzene rings is 2. The molecule has 2 aromatic carbocycles. The normalized spacial score (nSPS) is 22.6. The van der Waals surface area contributed by atoms with E-state index in [0.29, 0.717) is 25.9 Å². The molecule has 14 nitrogen and oxygen atoms in total. The number of ether oxygens (including phenoxy) is 2. The van der Waals surface area contributed by atoms with Gasteiger partial charge in [0, 0.05) is 17.0 Å². The second-order valence-electron chi connectivity index (χ2n) is 12.1. The number of likely N-dealkylation sites (N-methyl/N-ethyl adjacent to an activating group) is 1. The van der Waals surface area contributed by atoms with Gasteiger partial charge in [-0.05, 0) is 76.3 Å². The highest BCUT2D eigenvalue weighted by atomic mass is 35.5. The van der Waals surface area contributed by atoms with E-state index in [0.717, 1.165) is 8.28 Å². The van der Waals surface area contributed by atoms with Crippen molar-refractivity contribution in [2.45, 2.75) is 47.2 Å². The van der Waals surface area contributed by atoms with Gasteiger partial charge in [-0.3, -0.25) is 9.69 Å². The molecule has 4 heterocycles. The highest BCUT2D eigenvalue weighted by Crippen LogP contribution is 2.44. The van der Waals surface area contributed by atoms with E-state index in [-0.39, 0.29) is 47.1 Å². The number of nitrogens with one attached hydrogen (secondary N) is 1. The van der Waals surface area contributed by atoms with Gasteiger partial charge in [-0.15, -0.1) is 0 Å². The monoisotopic (exact) mass is 709 g/mol. The van der Waals surface area contributed by atoms with Crippen molar-refractivity contribution in [3.8, 4) is 0 Å². The quantitative estimate of drug-likeness (QED) is 0.294. The van der Waals surface area contributed by atoms with Crippen LogP contribution >= 0.6 is 11.6 Å². The molecule has 0 saturated carbocycles. The number of rotatable bonds is 10. The molecule has 17 heteroatoms. The fraction of sp³-hybridized carbons (Fsp3) is 0.467. The summed E-state index contributed by atoms with van der Waals surface area (Å²) in [5.41, 5.74) is -2.30. The maximum Gasteiger partial charge on any atom is 0.348 e. The van der Waals surface area contributed by atoms with Crippen LogP contribution in [0.1, 0.15) is 19.8 Å². The summed E-state index contributed by atoms with van der Waals surface area (Å²) in [6.45, 7) is 2.02. The Bertz CT molecular complexity index is 1920. The molecule has 3 saturated heterocycles. The molecular weight excluding hydrogens is 674 g/mol. The molecule has 3 aromatic rings. The van der Waals surface area contributed by atoms with Gasteiger partial charge >= 0.3 is 5.97 Å². The number of piperidine rings is 1. The summed E-state index contributed by atoms with van der Waals surface area (Å²) in [4.78, 5) is 28.8. The van der Waals surface area contributed by atoms with Crippen molar-refractivity contribution in [3.63, 3.8) is 0 Å². The third-order valence-corrected chi connectivity index (χ3v) is 12.8. The molecule has 6 rings (SSSR count). The van der Waals surface area contributed by atoms with E-state index >= 15 is 0 Å². The molecule has 1 aromatic heterocycles. The van der Waals surface area contributed by atoms with Gasteiger partial charge in [0.1, 0.15) is 0 Å². The number of hydrogen-bond donors (Lipinski definition) is 2. The number of sulfonamides is 1. The average molecular weight is 710 g/mol. The van der Waals surface area contributed by atoms with E-state index in [1.807, 2.05) is 0 Å². The second-order valence-corrected chi connectivity index (χ2v) is 16.2. The summed E-state index contributed by atoms with van der Waals surface area (Å²) in [7, 11) is -7.68. The van der Waals surface area contributed by atoms with Crippen LogP contribution in [0, 0.1) is 0 Å². The van der Waals surface area contributed by atoms with Crippen molar-refractivity contribution in [1.82, 2.24) is 23.4 Å². The number of aliphatic carboxylic acids is 1. The van der Waals surface area contributed by atoms with Crippen LogP contribution in [0.15, 0.2) is 64.5 Å². The minimum absolute atomic E-state index is 0.0861. The molecule has 2 atom stereocenters. The van der Waals surface area contributed by atoms with Gasteiger partial charge in [0.15, 0.2) is 10.8 Å². The summed E-state index contributed by atoms with van der Waals surface area (Å²) in [6, 6.07) is 13.0. The van der Waals surface area contributed by atoms with Gasteiger partial charge in [-0.25, -0.2) is 25.6 Å². The standard InChI is InChI=1S/C30H36ClN5O9S2/c1-3-44-27(28(38)39)33(2)19-30-20-34(17-25(37)35(30)18-29(45-30)11-13-32-14-12-29)47(42,43)26-16-21-15-22(31)9-10-24(21)36(26)46(40,41)23-7-5-4-6-8-23/h4-10,15-16,27,32H,3,11-14,17-20H2,1-2H3,(H,38,39). The largest absolute Gasteiger partial charge is 0.478 e. The molecule has 47 heavy (non-hydrogen) atoms. The highest BCUT2D eigenvalue weighted by Gasteiger charge is 2.61. The first-order valence-electron chi connectivity index (χ1n) is 15.1. The van der Waals surface area contributed by atoms with Crippen molar-refractivity contribution in [3.05, 3.63) is 59.6 Å². The van der Waals surface area contributed by atoms with Crippen molar-refractivity contribution in [2.24, 2.45) is 0 Å². The number of carbonyl (C=O) groups excluding carboxylic acids is 1. The minimum atomic E-state index is -4.73. The van der Waals surface area contributed by atoms with E-state index in [1.165, 1.54) is 65.4 Å². The fourth-order valence-corrected chi connectivity index (χ4v) is 10.5. The maximum atomic E-state index is 14.7. The zero-order chi connectivity index (χ0) is 33.8. The predicted octanol–water partition coefficient (Wildman–Crippen LogP) is 1.59. The minimum Gasteiger partial charge on any atom is -0.478 e. The SMILES string of the molecule is CCOC(C(=O)O)N(C)CC12CN(S(=O)(=O)c3cc4cc(Cl)ccc4n3S(=O)(=O)c3ccccc3)CC(=O)N1CC1(CCNCC1)O2. The molecule has 3 aliphatic heterocycles. The van der Waals surface area contributed by atoms with Gasteiger partial charge in [0.05, 0.1) is 42.2 Å². The van der Waals surface area contributed by atoms with Crippen LogP contribution in [0.3, 0.4) is 0 Å². The Balaban J connectivity index is 1.47. The van der Waals surface area contributed by atoms with E-state index in [2.05, 4.69) is 5.32 Å². The third kappa shape index (κ3) is 5.94. The van der Waals surface area contributed by atoms with Crippen LogP contribution in [0.2, 0.25) is 5.02 Å². The first kappa shape index (κ1) is 33.8. The Morgan fingerprint density at radius 3 is 2.45 bits per heavy atom. The number of hydrogen-bond acceptors (Lipinski definition) is 10. The number of amides is 1. The zero-order valence-electron chi connectivity index (χ0n) is 25.8. The van der Waals surface area contributed by atoms with Crippen LogP contribution < -0.4 is 5.32 Å². The number of nitrogens with zero attached hydrogens (tertiary/aromatic N) is 4. The molecule has 0 aliphatic carbocycles. The van der Waals surface area contributed by atoms with Crippen LogP contribution in [-0.2, 0) is 39.1 Å². The van der Waals surface area contributed by atoms with Crippen LogP contribution in [0.4, 0.5) is 0 Å². The second kappa shape index (κ2) is 12.4. The molecule has 1 spiro atoms. The van der Waals surface area contributed by atoms with Crippen LogP contribution in [0.5, 0.6) is 0 Å². The summed E-state index contributed by atoms with van der Waals surface area (Å²) < 4.78 is 71.3. The number of carboxylic acids is 1. The topological polar surface area (TPSA) is 168 Å². The highest BCUT2D eigenvalue weighted by molar-refractivity contribution is 7.92. The lowest BCUT2D eigenvalue weighted by Gasteiger charge is -2.47. The molecule has 254 valence electrons. The zero-order valence-corrected chi connectivity index (χ0v) is 28.2. The Kier molecular flexibility index (Phi) is 8.93.